The van der Waals surface area contributed by atoms with Gasteiger partial charge in [-0.1, -0.05) is 0 Å². The van der Waals surface area contributed by atoms with Gasteiger partial charge in [0.2, 0.25) is 11.7 Å². The predicted molar refractivity (Wildman–Crippen MR) is 121 cm³/mol. The summed E-state index contributed by atoms with van der Waals surface area (Å²) in [7, 11) is 0. The van der Waals surface area contributed by atoms with Gasteiger partial charge in [0.25, 0.3) is 0 Å². The summed E-state index contributed by atoms with van der Waals surface area (Å²) in [6.07, 6.45) is -12.5. The van der Waals surface area contributed by atoms with Gasteiger partial charge in [0.05, 0.1) is 42.4 Å². The third-order valence-electron chi connectivity index (χ3n) is 7.18. The standard InChI is InChI=1S/C21H20F6N8O6/c22-20(23,24)7-1-2-9(21(25,26)27)8(3-7)14(37)41-11-6-35-16(29)31-10(5-34-12(36)4-30-17(34)38)13-18(35,19(11,39)40)33-15(28)32-13/h1-3,10-11,13,39-40H,4-6H2,(H2,29,31)(H,30,38)(H3,28,32,33)/t10-,11-,13?,18?/m0/s1. The first-order chi connectivity index (χ1) is 18.9. The van der Waals surface area contributed by atoms with Crippen molar-refractivity contribution in [3.63, 3.8) is 0 Å². The molecule has 4 heterocycles. The molecule has 2 fully saturated rings. The van der Waals surface area contributed by atoms with E-state index in [1.807, 2.05) is 0 Å². The molecule has 41 heavy (non-hydrogen) atoms. The molecule has 0 aliphatic carbocycles. The van der Waals surface area contributed by atoms with Gasteiger partial charge in [-0.25, -0.2) is 19.6 Å². The maximum Gasteiger partial charge on any atom is 0.417 e. The number of benzene rings is 1. The fraction of sp³-hybridized carbons (Fsp3) is 0.476. The summed E-state index contributed by atoms with van der Waals surface area (Å²) >= 11 is 0. The van der Waals surface area contributed by atoms with Crippen molar-refractivity contribution in [1.82, 2.24) is 20.4 Å². The van der Waals surface area contributed by atoms with Crippen LogP contribution in [0.25, 0.3) is 0 Å². The van der Waals surface area contributed by atoms with Crippen molar-refractivity contribution in [3.8, 4) is 0 Å². The fourth-order valence-corrected chi connectivity index (χ4v) is 5.33. The van der Waals surface area contributed by atoms with Crippen molar-refractivity contribution in [3.05, 3.63) is 34.9 Å². The second kappa shape index (κ2) is 8.83. The van der Waals surface area contributed by atoms with Gasteiger partial charge in [-0.15, -0.1) is 0 Å². The third kappa shape index (κ3) is 4.24. The molecule has 8 N–H and O–H groups in total. The predicted octanol–water partition coefficient (Wildman–Crippen LogP) is -1.52. The lowest BCUT2D eigenvalue weighted by Gasteiger charge is -2.48. The molecule has 0 bridgehead atoms. The van der Waals surface area contributed by atoms with Crippen LogP contribution in [0.3, 0.4) is 0 Å². The Balaban J connectivity index is 1.49. The highest BCUT2D eigenvalue weighted by Gasteiger charge is 2.74. The van der Waals surface area contributed by atoms with Gasteiger partial charge in [0, 0.05) is 0 Å². The van der Waals surface area contributed by atoms with Crippen LogP contribution in [0.4, 0.5) is 31.1 Å². The summed E-state index contributed by atoms with van der Waals surface area (Å²) in [6.45, 7) is -1.51. The number of hydrogen-bond acceptors (Lipinski definition) is 12. The molecule has 5 rings (SSSR count). The van der Waals surface area contributed by atoms with Crippen LogP contribution in [0.1, 0.15) is 21.5 Å². The Kier molecular flexibility index (Phi) is 6.08. The zero-order valence-electron chi connectivity index (χ0n) is 20.3. The number of guanidine groups is 2. The molecule has 4 aliphatic heterocycles. The molecular formula is C21H20F6N8O6. The molecule has 1 aromatic rings. The monoisotopic (exact) mass is 594 g/mol. The topological polar surface area (TPSA) is 208 Å². The smallest absolute Gasteiger partial charge is 0.417 e. The van der Waals surface area contributed by atoms with Gasteiger partial charge in [0.1, 0.15) is 6.04 Å². The number of rotatable bonds is 4. The van der Waals surface area contributed by atoms with Crippen molar-refractivity contribution < 1.29 is 55.7 Å². The normalized spacial score (nSPS) is 28.9. The summed E-state index contributed by atoms with van der Waals surface area (Å²) in [6, 6.07) is -3.32. The van der Waals surface area contributed by atoms with Crippen molar-refractivity contribution in [2.24, 2.45) is 21.5 Å². The Morgan fingerprint density at radius 2 is 1.80 bits per heavy atom. The quantitative estimate of drug-likeness (QED) is 0.103. The lowest BCUT2D eigenvalue weighted by Crippen LogP contribution is -2.77. The molecular weight excluding hydrogens is 574 g/mol. The minimum atomic E-state index is -5.27. The zero-order valence-corrected chi connectivity index (χ0v) is 20.3. The molecule has 1 aromatic carbocycles. The second-order valence-corrected chi connectivity index (χ2v) is 9.55. The minimum Gasteiger partial charge on any atom is -0.451 e. The van der Waals surface area contributed by atoms with Gasteiger partial charge >= 0.3 is 24.4 Å². The molecule has 3 amide bonds. The van der Waals surface area contributed by atoms with E-state index in [9.17, 15) is 50.9 Å². The number of aliphatic hydroxyl groups is 2. The molecule has 1 spiro atoms. The summed E-state index contributed by atoms with van der Waals surface area (Å²) in [5.74, 6) is -6.71. The number of nitrogens with two attached hydrogens (primary N) is 2. The van der Waals surface area contributed by atoms with Crippen LogP contribution in [0.5, 0.6) is 0 Å². The van der Waals surface area contributed by atoms with E-state index in [4.69, 9.17) is 16.2 Å². The summed E-state index contributed by atoms with van der Waals surface area (Å²) in [5.41, 5.74) is 4.67. The number of aliphatic imine (C=N–C) groups is 2. The number of nitrogens with zero attached hydrogens (tertiary/aromatic N) is 4. The van der Waals surface area contributed by atoms with Crippen LogP contribution in [0.15, 0.2) is 28.2 Å². The SMILES string of the molecule is NC1=NC2[C@H](CN3C(=O)CNC3=O)N=C(N)N3C[C@H](OC(=O)c4cc(C(F)(F)F)ccc4C(F)(F)F)C(O)(O)C23N1. The number of hydrogen-bond donors (Lipinski definition) is 6. The highest BCUT2D eigenvalue weighted by Crippen LogP contribution is 2.46. The number of carbonyl (C=O) groups is 3. The zero-order chi connectivity index (χ0) is 30.3. The molecule has 20 heteroatoms. The molecule has 14 nitrogen and oxygen atoms in total. The number of urea groups is 1. The van der Waals surface area contributed by atoms with E-state index < -0.39 is 102 Å². The average molecular weight is 594 g/mol. The fourth-order valence-electron chi connectivity index (χ4n) is 5.33. The lowest BCUT2D eigenvalue weighted by atomic mass is 9.85. The number of imide groups is 1. The number of amides is 3. The van der Waals surface area contributed by atoms with Gasteiger partial charge in [-0.05, 0) is 18.2 Å². The molecule has 222 valence electrons. The number of esters is 1. The van der Waals surface area contributed by atoms with E-state index in [1.54, 1.807) is 0 Å². The van der Waals surface area contributed by atoms with Crippen LogP contribution >= 0.6 is 0 Å². The number of alkyl halides is 6. The third-order valence-corrected chi connectivity index (χ3v) is 7.18. The number of nitrogens with one attached hydrogen (secondary N) is 2. The van der Waals surface area contributed by atoms with Gasteiger partial charge in [0.15, 0.2) is 23.7 Å². The van der Waals surface area contributed by atoms with Crippen LogP contribution in [-0.4, -0.2) is 99.1 Å². The van der Waals surface area contributed by atoms with E-state index in [1.165, 1.54) is 0 Å². The maximum absolute atomic E-state index is 13.6. The van der Waals surface area contributed by atoms with Crippen molar-refractivity contribution in [2.45, 2.75) is 42.0 Å². The van der Waals surface area contributed by atoms with E-state index in [0.29, 0.717) is 0 Å². The maximum atomic E-state index is 13.6. The highest BCUT2D eigenvalue weighted by molar-refractivity contribution is 6.02. The van der Waals surface area contributed by atoms with Gasteiger partial charge < -0.3 is 42.0 Å². The largest absolute Gasteiger partial charge is 0.451 e. The number of carbonyl (C=O) groups excluding carboxylic acids is 3. The second-order valence-electron chi connectivity index (χ2n) is 9.55. The van der Waals surface area contributed by atoms with Gasteiger partial charge in [-0.3, -0.25) is 9.69 Å². The molecule has 4 atom stereocenters. The van der Waals surface area contributed by atoms with Crippen LogP contribution in [0.2, 0.25) is 0 Å². The molecule has 4 aliphatic rings. The van der Waals surface area contributed by atoms with E-state index in [0.717, 1.165) is 9.80 Å². The average Bonchev–Trinajstić information content (AvgIpc) is 3.45. The van der Waals surface area contributed by atoms with E-state index in [-0.39, 0.29) is 24.7 Å². The molecule has 0 aromatic heterocycles. The Labute approximate surface area is 224 Å². The summed E-state index contributed by atoms with van der Waals surface area (Å²) in [4.78, 5) is 47.0. The number of ether oxygens (including phenoxy) is 1. The van der Waals surface area contributed by atoms with Gasteiger partial charge in [-0.2, -0.15) is 26.3 Å². The summed E-state index contributed by atoms with van der Waals surface area (Å²) < 4.78 is 85.3. The Morgan fingerprint density at radius 3 is 2.39 bits per heavy atom. The molecule has 0 radical (unpaired) electrons. The van der Waals surface area contributed by atoms with Crippen LogP contribution in [-0.2, 0) is 21.9 Å². The van der Waals surface area contributed by atoms with Crippen LogP contribution in [0, 0.1) is 0 Å². The van der Waals surface area contributed by atoms with E-state index >= 15 is 0 Å². The first kappa shape index (κ1) is 28.2. The number of halogens is 6. The first-order valence-corrected chi connectivity index (χ1v) is 11.6. The van der Waals surface area contributed by atoms with Crippen molar-refractivity contribution in [2.75, 3.05) is 19.6 Å². The molecule has 2 saturated heterocycles. The van der Waals surface area contributed by atoms with Crippen LogP contribution < -0.4 is 22.1 Å². The summed E-state index contributed by atoms with van der Waals surface area (Å²) in [5, 5.41) is 27.4. The molecule has 0 saturated carbocycles. The molecule has 2 unspecified atom stereocenters. The highest BCUT2D eigenvalue weighted by atomic mass is 19.4. The first-order valence-electron chi connectivity index (χ1n) is 11.6. The Hall–Kier alpha value is -4.33. The van der Waals surface area contributed by atoms with Crippen molar-refractivity contribution in [1.29, 1.82) is 0 Å². The van der Waals surface area contributed by atoms with Crippen molar-refractivity contribution >= 4 is 29.8 Å². The Bertz CT molecular complexity index is 1380. The minimum absolute atomic E-state index is 0.0509. The Morgan fingerprint density at radius 1 is 1.12 bits per heavy atom. The van der Waals surface area contributed by atoms with E-state index in [2.05, 4.69) is 20.6 Å². The lowest BCUT2D eigenvalue weighted by molar-refractivity contribution is -0.256.